The van der Waals surface area contributed by atoms with E-state index in [1.165, 1.54) is 5.56 Å². The molecule has 106 valence electrons. The Hall–Kier alpha value is -0.570. The fraction of sp³-hybridized carbons (Fsp3) is 0.625. The summed E-state index contributed by atoms with van der Waals surface area (Å²) in [6.45, 7) is 8.46. The molecule has 0 saturated carbocycles. The van der Waals surface area contributed by atoms with Crippen LogP contribution in [0.2, 0.25) is 5.02 Å². The Morgan fingerprint density at radius 3 is 2.58 bits per heavy atom. The van der Waals surface area contributed by atoms with Gasteiger partial charge in [0.2, 0.25) is 0 Å². The minimum atomic E-state index is 0.206. The summed E-state index contributed by atoms with van der Waals surface area (Å²) in [6, 6.07) is 8.71. The Bertz CT molecular complexity index is 404. The van der Waals surface area contributed by atoms with Gasteiger partial charge in [-0.2, -0.15) is 0 Å². The van der Waals surface area contributed by atoms with Crippen molar-refractivity contribution in [1.29, 1.82) is 0 Å². The second kappa shape index (κ2) is 6.25. The van der Waals surface area contributed by atoms with Crippen LogP contribution >= 0.6 is 11.6 Å². The van der Waals surface area contributed by atoms with Crippen LogP contribution < -0.4 is 5.32 Å². The van der Waals surface area contributed by atoms with Gasteiger partial charge in [0.05, 0.1) is 6.10 Å². The molecule has 1 aromatic carbocycles. The predicted molar refractivity (Wildman–Crippen MR) is 80.8 cm³/mol. The van der Waals surface area contributed by atoms with E-state index in [1.807, 2.05) is 12.1 Å². The van der Waals surface area contributed by atoms with Crippen molar-refractivity contribution < 1.29 is 4.74 Å². The van der Waals surface area contributed by atoms with Gasteiger partial charge in [-0.05, 0) is 37.5 Å². The lowest BCUT2D eigenvalue weighted by Gasteiger charge is -2.33. The van der Waals surface area contributed by atoms with Crippen LogP contribution in [0, 0.1) is 5.41 Å². The summed E-state index contributed by atoms with van der Waals surface area (Å²) in [6.07, 6.45) is 2.47. The smallest absolute Gasteiger partial charge is 0.0619 e. The second-order valence-corrected chi connectivity index (χ2v) is 6.40. The summed E-state index contributed by atoms with van der Waals surface area (Å²) in [5.41, 5.74) is 1.55. The lowest BCUT2D eigenvalue weighted by Crippen LogP contribution is -2.43. The third kappa shape index (κ3) is 3.71. The highest BCUT2D eigenvalue weighted by molar-refractivity contribution is 6.30. The molecule has 1 aromatic rings. The first-order valence-electron chi connectivity index (χ1n) is 7.11. The first-order valence-corrected chi connectivity index (χ1v) is 7.49. The molecule has 0 radical (unpaired) electrons. The molecule has 1 aliphatic heterocycles. The van der Waals surface area contributed by atoms with E-state index in [-0.39, 0.29) is 5.41 Å². The number of hydrogen-bond donors (Lipinski definition) is 1. The number of rotatable bonds is 5. The quantitative estimate of drug-likeness (QED) is 0.889. The van der Waals surface area contributed by atoms with Crippen LogP contribution in [0.4, 0.5) is 0 Å². The Labute approximate surface area is 121 Å². The maximum Gasteiger partial charge on any atom is 0.0619 e. The van der Waals surface area contributed by atoms with E-state index < -0.39 is 0 Å². The molecule has 1 saturated heterocycles. The topological polar surface area (TPSA) is 21.3 Å². The van der Waals surface area contributed by atoms with Gasteiger partial charge < -0.3 is 10.1 Å². The van der Waals surface area contributed by atoms with Crippen molar-refractivity contribution in [2.45, 2.75) is 45.8 Å². The molecule has 0 amide bonds. The van der Waals surface area contributed by atoms with E-state index in [1.54, 1.807) is 0 Å². The van der Waals surface area contributed by atoms with Crippen LogP contribution in [-0.4, -0.2) is 25.3 Å². The standard InChI is InChI=1S/C16H24ClNO/c1-12(2)18-11-16(8-9-19-13(16)3)10-14-4-6-15(17)7-5-14/h4-7,12-13,18H,8-11H2,1-3H3. The molecule has 0 spiro atoms. The third-order valence-corrected chi connectivity index (χ3v) is 4.41. The average molecular weight is 282 g/mol. The first-order chi connectivity index (χ1) is 9.02. The van der Waals surface area contributed by atoms with Crippen molar-refractivity contribution >= 4 is 11.6 Å². The van der Waals surface area contributed by atoms with Crippen LogP contribution in [0.3, 0.4) is 0 Å². The molecular formula is C16H24ClNO. The van der Waals surface area contributed by atoms with Crippen molar-refractivity contribution in [3.05, 3.63) is 34.9 Å². The van der Waals surface area contributed by atoms with Gasteiger partial charge in [0.1, 0.15) is 0 Å². The van der Waals surface area contributed by atoms with Gasteiger partial charge in [-0.15, -0.1) is 0 Å². The molecule has 2 rings (SSSR count). The lowest BCUT2D eigenvalue weighted by molar-refractivity contribution is 0.0621. The minimum absolute atomic E-state index is 0.206. The monoisotopic (exact) mass is 281 g/mol. The number of nitrogens with one attached hydrogen (secondary N) is 1. The molecule has 2 atom stereocenters. The number of benzene rings is 1. The van der Waals surface area contributed by atoms with Gasteiger partial charge >= 0.3 is 0 Å². The Morgan fingerprint density at radius 2 is 2.05 bits per heavy atom. The zero-order chi connectivity index (χ0) is 13.9. The molecule has 2 unspecified atom stereocenters. The maximum atomic E-state index is 5.96. The van der Waals surface area contributed by atoms with Crippen LogP contribution in [0.1, 0.15) is 32.8 Å². The molecular weight excluding hydrogens is 258 g/mol. The average Bonchev–Trinajstić information content (AvgIpc) is 2.72. The van der Waals surface area contributed by atoms with E-state index in [9.17, 15) is 0 Å². The van der Waals surface area contributed by atoms with E-state index in [0.717, 1.165) is 31.0 Å². The molecule has 1 heterocycles. The fourth-order valence-corrected chi connectivity index (χ4v) is 2.89. The molecule has 3 heteroatoms. The number of hydrogen-bond acceptors (Lipinski definition) is 2. The van der Waals surface area contributed by atoms with E-state index in [4.69, 9.17) is 16.3 Å². The summed E-state index contributed by atoms with van der Waals surface area (Å²) in [4.78, 5) is 0. The van der Waals surface area contributed by atoms with Gasteiger partial charge in [0, 0.05) is 29.6 Å². The zero-order valence-electron chi connectivity index (χ0n) is 12.1. The molecule has 1 N–H and O–H groups in total. The number of ether oxygens (including phenoxy) is 1. The highest BCUT2D eigenvalue weighted by atomic mass is 35.5. The van der Waals surface area contributed by atoms with Gasteiger partial charge in [0.15, 0.2) is 0 Å². The summed E-state index contributed by atoms with van der Waals surface area (Å²) in [5.74, 6) is 0. The van der Waals surface area contributed by atoms with Crippen molar-refractivity contribution in [2.75, 3.05) is 13.2 Å². The Kier molecular flexibility index (Phi) is 4.88. The van der Waals surface area contributed by atoms with Crippen LogP contribution in [0.25, 0.3) is 0 Å². The van der Waals surface area contributed by atoms with Crippen molar-refractivity contribution in [1.82, 2.24) is 5.32 Å². The molecule has 19 heavy (non-hydrogen) atoms. The van der Waals surface area contributed by atoms with E-state index in [2.05, 4.69) is 38.2 Å². The minimum Gasteiger partial charge on any atom is -0.378 e. The van der Waals surface area contributed by atoms with Gasteiger partial charge in [-0.3, -0.25) is 0 Å². The molecule has 1 aliphatic rings. The predicted octanol–water partition coefficient (Wildman–Crippen LogP) is 3.68. The van der Waals surface area contributed by atoms with Gasteiger partial charge in [-0.25, -0.2) is 0 Å². The number of halogens is 1. The fourth-order valence-electron chi connectivity index (χ4n) is 2.76. The third-order valence-electron chi connectivity index (χ3n) is 4.16. The molecule has 1 fully saturated rings. The summed E-state index contributed by atoms with van der Waals surface area (Å²) in [5, 5.41) is 4.38. The largest absolute Gasteiger partial charge is 0.378 e. The van der Waals surface area contributed by atoms with Crippen LogP contribution in [0.5, 0.6) is 0 Å². The van der Waals surface area contributed by atoms with Crippen LogP contribution in [-0.2, 0) is 11.2 Å². The van der Waals surface area contributed by atoms with E-state index in [0.29, 0.717) is 12.1 Å². The van der Waals surface area contributed by atoms with Crippen LogP contribution in [0.15, 0.2) is 24.3 Å². The summed E-state index contributed by atoms with van der Waals surface area (Å²) >= 11 is 5.96. The van der Waals surface area contributed by atoms with Gasteiger partial charge in [-0.1, -0.05) is 37.6 Å². The van der Waals surface area contributed by atoms with Crippen molar-refractivity contribution in [3.63, 3.8) is 0 Å². The zero-order valence-corrected chi connectivity index (χ0v) is 12.8. The molecule has 0 aliphatic carbocycles. The highest BCUT2D eigenvalue weighted by Crippen LogP contribution is 2.38. The van der Waals surface area contributed by atoms with E-state index >= 15 is 0 Å². The second-order valence-electron chi connectivity index (χ2n) is 5.96. The molecule has 0 bridgehead atoms. The maximum absolute atomic E-state index is 5.96. The highest BCUT2D eigenvalue weighted by Gasteiger charge is 2.41. The van der Waals surface area contributed by atoms with Crippen molar-refractivity contribution in [2.24, 2.45) is 5.41 Å². The Morgan fingerprint density at radius 1 is 1.37 bits per heavy atom. The summed E-state index contributed by atoms with van der Waals surface area (Å²) in [7, 11) is 0. The molecule has 0 aromatic heterocycles. The molecule has 2 nitrogen and oxygen atoms in total. The Balaban J connectivity index is 2.11. The van der Waals surface area contributed by atoms with Crippen molar-refractivity contribution in [3.8, 4) is 0 Å². The first kappa shape index (κ1) is 14.8. The summed E-state index contributed by atoms with van der Waals surface area (Å²) < 4.78 is 5.83. The SMILES string of the molecule is CC(C)NCC1(Cc2ccc(Cl)cc2)CCOC1C. The normalized spacial score (nSPS) is 27.1. The lowest BCUT2D eigenvalue weighted by atomic mass is 9.76. The van der Waals surface area contributed by atoms with Gasteiger partial charge in [0.25, 0.3) is 0 Å².